The fraction of sp³-hybridized carbons (Fsp3) is 0.190. The molecule has 1 aliphatic rings. The minimum absolute atomic E-state index is 0.0520. The molecule has 1 fully saturated rings. The van der Waals surface area contributed by atoms with Gasteiger partial charge in [-0.15, -0.1) is 0 Å². The summed E-state index contributed by atoms with van der Waals surface area (Å²) in [5, 5.41) is 7.72. The topological polar surface area (TPSA) is 75.7 Å². The van der Waals surface area contributed by atoms with E-state index in [0.717, 1.165) is 35.6 Å². The van der Waals surface area contributed by atoms with Crippen molar-refractivity contribution in [3.63, 3.8) is 0 Å². The average molecular weight is 373 g/mol. The fourth-order valence-electron chi connectivity index (χ4n) is 3.64. The Labute approximate surface area is 161 Å². The van der Waals surface area contributed by atoms with Gasteiger partial charge in [0, 0.05) is 37.1 Å². The highest BCUT2D eigenvalue weighted by atomic mass is 16.3. The van der Waals surface area contributed by atoms with Crippen LogP contribution in [0.25, 0.3) is 16.8 Å². The van der Waals surface area contributed by atoms with Crippen molar-refractivity contribution < 1.29 is 9.21 Å². The number of nitrogens with one attached hydrogen (secondary N) is 1. The third kappa shape index (κ3) is 3.00. The Morgan fingerprint density at radius 3 is 2.89 bits per heavy atom. The smallest absolute Gasteiger partial charge is 0.287 e. The summed E-state index contributed by atoms with van der Waals surface area (Å²) in [5.74, 6) is 1.03. The molecule has 140 valence electrons. The molecular formula is C21H19N5O2. The molecule has 1 atom stereocenters. The highest BCUT2D eigenvalue weighted by Crippen LogP contribution is 2.27. The highest BCUT2D eigenvalue weighted by molar-refractivity contribution is 5.91. The van der Waals surface area contributed by atoms with Gasteiger partial charge in [-0.3, -0.25) is 4.79 Å². The number of furan rings is 1. The number of hydrogen-bond acceptors (Lipinski definition) is 5. The number of carbonyl (C=O) groups is 1. The van der Waals surface area contributed by atoms with E-state index in [1.165, 1.54) is 6.26 Å². The Balaban J connectivity index is 1.38. The molecule has 0 aliphatic carbocycles. The van der Waals surface area contributed by atoms with E-state index in [1.54, 1.807) is 18.3 Å². The molecule has 1 aromatic carbocycles. The number of benzene rings is 1. The third-order valence-corrected chi connectivity index (χ3v) is 5.01. The van der Waals surface area contributed by atoms with E-state index in [4.69, 9.17) is 4.42 Å². The molecule has 3 aromatic heterocycles. The normalized spacial score (nSPS) is 16.6. The molecule has 7 nitrogen and oxygen atoms in total. The minimum atomic E-state index is -0.182. The van der Waals surface area contributed by atoms with Gasteiger partial charge in [-0.2, -0.15) is 5.10 Å². The Bertz CT molecular complexity index is 1100. The molecule has 0 saturated carbocycles. The van der Waals surface area contributed by atoms with E-state index in [-0.39, 0.29) is 11.9 Å². The molecule has 0 unspecified atom stereocenters. The van der Waals surface area contributed by atoms with Crippen LogP contribution in [0.15, 0.2) is 71.6 Å². The average Bonchev–Trinajstić information content (AvgIpc) is 3.48. The molecule has 1 amide bonds. The van der Waals surface area contributed by atoms with Crippen molar-refractivity contribution in [1.82, 2.24) is 19.9 Å². The monoisotopic (exact) mass is 373 g/mol. The van der Waals surface area contributed by atoms with Crippen LogP contribution >= 0.6 is 0 Å². The van der Waals surface area contributed by atoms with Crippen LogP contribution in [0.3, 0.4) is 0 Å². The standard InChI is InChI=1S/C21H19N5O2/c27-21(19-7-4-12-28-19)23-16-8-10-25(14-16)20-18-13-17(15-5-2-1-3-6-15)24-26(18)11-9-22-20/h1-7,9,11-13,16H,8,10,14H2,(H,23,27)/t16-/m0/s1. The molecule has 28 heavy (non-hydrogen) atoms. The summed E-state index contributed by atoms with van der Waals surface area (Å²) in [6, 6.07) is 15.6. The SMILES string of the molecule is O=C(N[C@H]1CCN(c2nccn3nc(-c4ccccc4)cc23)C1)c1ccco1. The van der Waals surface area contributed by atoms with E-state index in [9.17, 15) is 4.79 Å². The Morgan fingerprint density at radius 2 is 2.07 bits per heavy atom. The predicted molar refractivity (Wildman–Crippen MR) is 105 cm³/mol. The van der Waals surface area contributed by atoms with Gasteiger partial charge >= 0.3 is 0 Å². The first kappa shape index (κ1) is 16.6. The molecular weight excluding hydrogens is 354 g/mol. The Hall–Kier alpha value is -3.61. The second kappa shape index (κ2) is 6.84. The van der Waals surface area contributed by atoms with Crippen LogP contribution in [-0.4, -0.2) is 39.6 Å². The van der Waals surface area contributed by atoms with E-state index in [2.05, 4.69) is 26.4 Å². The molecule has 4 heterocycles. The van der Waals surface area contributed by atoms with Crippen LogP contribution in [0.5, 0.6) is 0 Å². The van der Waals surface area contributed by atoms with Crippen molar-refractivity contribution in [1.29, 1.82) is 0 Å². The summed E-state index contributed by atoms with van der Waals surface area (Å²) in [5.41, 5.74) is 2.94. The van der Waals surface area contributed by atoms with Gasteiger partial charge in [0.2, 0.25) is 0 Å². The van der Waals surface area contributed by atoms with Gasteiger partial charge in [-0.25, -0.2) is 9.50 Å². The third-order valence-electron chi connectivity index (χ3n) is 5.01. The quantitative estimate of drug-likeness (QED) is 0.595. The van der Waals surface area contributed by atoms with Crippen LogP contribution in [0, 0.1) is 0 Å². The Morgan fingerprint density at radius 1 is 1.18 bits per heavy atom. The first-order chi connectivity index (χ1) is 13.8. The van der Waals surface area contributed by atoms with Crippen molar-refractivity contribution in [2.45, 2.75) is 12.5 Å². The maximum Gasteiger partial charge on any atom is 0.287 e. The molecule has 7 heteroatoms. The zero-order chi connectivity index (χ0) is 18.9. The minimum Gasteiger partial charge on any atom is -0.459 e. The fourth-order valence-corrected chi connectivity index (χ4v) is 3.64. The van der Waals surface area contributed by atoms with Crippen LogP contribution in [-0.2, 0) is 0 Å². The van der Waals surface area contributed by atoms with E-state index in [1.807, 2.05) is 41.0 Å². The van der Waals surface area contributed by atoms with Gasteiger partial charge in [0.25, 0.3) is 5.91 Å². The number of amides is 1. The van der Waals surface area contributed by atoms with Crippen molar-refractivity contribution >= 4 is 17.2 Å². The predicted octanol–water partition coefficient (Wildman–Crippen LogP) is 3.00. The number of rotatable bonds is 4. The van der Waals surface area contributed by atoms with Gasteiger partial charge in [-0.05, 0) is 24.6 Å². The van der Waals surface area contributed by atoms with Gasteiger partial charge in [-0.1, -0.05) is 30.3 Å². The summed E-state index contributed by atoms with van der Waals surface area (Å²) in [4.78, 5) is 19.0. The van der Waals surface area contributed by atoms with Crippen molar-refractivity contribution in [2.75, 3.05) is 18.0 Å². The van der Waals surface area contributed by atoms with Gasteiger partial charge in [0.05, 0.1) is 12.0 Å². The van der Waals surface area contributed by atoms with E-state index >= 15 is 0 Å². The lowest BCUT2D eigenvalue weighted by Gasteiger charge is -2.18. The molecule has 4 aromatic rings. The number of fused-ring (bicyclic) bond motifs is 1. The summed E-state index contributed by atoms with van der Waals surface area (Å²) < 4.78 is 7.03. The van der Waals surface area contributed by atoms with Crippen LogP contribution in [0.4, 0.5) is 5.82 Å². The zero-order valence-electron chi connectivity index (χ0n) is 15.2. The second-order valence-electron chi connectivity index (χ2n) is 6.86. The van der Waals surface area contributed by atoms with Crippen LogP contribution in [0.1, 0.15) is 17.0 Å². The molecule has 1 saturated heterocycles. The first-order valence-corrected chi connectivity index (χ1v) is 9.27. The first-order valence-electron chi connectivity index (χ1n) is 9.27. The van der Waals surface area contributed by atoms with Gasteiger partial charge < -0.3 is 14.6 Å². The number of nitrogens with zero attached hydrogens (tertiary/aromatic N) is 4. The van der Waals surface area contributed by atoms with Gasteiger partial charge in [0.15, 0.2) is 11.6 Å². The summed E-state index contributed by atoms with van der Waals surface area (Å²) in [6.07, 6.45) is 5.98. The molecule has 0 spiro atoms. The lowest BCUT2D eigenvalue weighted by atomic mass is 10.1. The number of hydrogen-bond donors (Lipinski definition) is 1. The lowest BCUT2D eigenvalue weighted by Crippen LogP contribution is -2.37. The van der Waals surface area contributed by atoms with Gasteiger partial charge in [0.1, 0.15) is 5.52 Å². The second-order valence-corrected chi connectivity index (χ2v) is 6.86. The number of anilines is 1. The highest BCUT2D eigenvalue weighted by Gasteiger charge is 2.27. The molecule has 1 N–H and O–H groups in total. The van der Waals surface area contributed by atoms with E-state index in [0.29, 0.717) is 12.3 Å². The molecule has 0 radical (unpaired) electrons. The molecule has 5 rings (SSSR count). The summed E-state index contributed by atoms with van der Waals surface area (Å²) in [7, 11) is 0. The Kier molecular flexibility index (Phi) is 4.05. The lowest BCUT2D eigenvalue weighted by molar-refractivity contribution is 0.0912. The van der Waals surface area contributed by atoms with Crippen LogP contribution in [0.2, 0.25) is 0 Å². The summed E-state index contributed by atoms with van der Waals surface area (Å²) in [6.45, 7) is 1.52. The largest absolute Gasteiger partial charge is 0.459 e. The molecule has 0 bridgehead atoms. The summed E-state index contributed by atoms with van der Waals surface area (Å²) >= 11 is 0. The molecule has 1 aliphatic heterocycles. The number of carbonyl (C=O) groups excluding carboxylic acids is 1. The van der Waals surface area contributed by atoms with E-state index < -0.39 is 0 Å². The zero-order valence-corrected chi connectivity index (χ0v) is 15.2. The van der Waals surface area contributed by atoms with Crippen LogP contribution < -0.4 is 10.2 Å². The van der Waals surface area contributed by atoms with Crippen molar-refractivity contribution in [2.24, 2.45) is 0 Å². The van der Waals surface area contributed by atoms with Crippen molar-refractivity contribution in [3.05, 3.63) is 72.9 Å². The number of aromatic nitrogens is 3. The maximum absolute atomic E-state index is 12.2. The maximum atomic E-state index is 12.2. The van der Waals surface area contributed by atoms with Crippen molar-refractivity contribution in [3.8, 4) is 11.3 Å².